The second-order valence-corrected chi connectivity index (χ2v) is 6.08. The second kappa shape index (κ2) is 9.46. The van der Waals surface area contributed by atoms with Crippen molar-refractivity contribution in [2.45, 2.75) is 31.8 Å². The lowest BCUT2D eigenvalue weighted by molar-refractivity contribution is -0.142. The molecule has 0 saturated carbocycles. The van der Waals surface area contributed by atoms with Crippen molar-refractivity contribution in [2.24, 2.45) is 5.73 Å². The fourth-order valence-electron chi connectivity index (χ4n) is 2.76. The average Bonchev–Trinajstić information content (AvgIpc) is 3.04. The monoisotopic (exact) mass is 376 g/mol. The third kappa shape index (κ3) is 5.91. The maximum atomic E-state index is 12.1. The molecule has 9 nitrogen and oxygen atoms in total. The van der Waals surface area contributed by atoms with Crippen LogP contribution in [-0.2, 0) is 16.1 Å². The molecule has 0 saturated heterocycles. The van der Waals surface area contributed by atoms with Gasteiger partial charge in [-0.2, -0.15) is 0 Å². The number of urea groups is 1. The van der Waals surface area contributed by atoms with E-state index in [1.807, 2.05) is 35.0 Å². The smallest absolute Gasteiger partial charge is 0.326 e. The quantitative estimate of drug-likeness (QED) is 0.460. The Labute approximate surface area is 156 Å². The second-order valence-electron chi connectivity index (χ2n) is 6.08. The summed E-state index contributed by atoms with van der Waals surface area (Å²) in [6.45, 7) is 0.686. The molecule has 5 N–H and O–H groups in total. The SMILES string of the molecule is COc1ccc2c(ccn2CCC(=O)NC(CCCNC(N)=O)C(=O)O)c1. The number of amides is 3. The molecule has 0 radical (unpaired) electrons. The molecular weight excluding hydrogens is 352 g/mol. The van der Waals surface area contributed by atoms with Gasteiger partial charge in [-0.1, -0.05) is 0 Å². The Morgan fingerprint density at radius 1 is 1.30 bits per heavy atom. The zero-order chi connectivity index (χ0) is 19.8. The van der Waals surface area contributed by atoms with Gasteiger partial charge in [0.15, 0.2) is 0 Å². The Morgan fingerprint density at radius 3 is 2.74 bits per heavy atom. The van der Waals surface area contributed by atoms with Crippen LogP contribution in [0.5, 0.6) is 5.75 Å². The number of aryl methyl sites for hydroxylation is 1. The summed E-state index contributed by atoms with van der Waals surface area (Å²) in [5, 5.41) is 15.1. The zero-order valence-electron chi connectivity index (χ0n) is 15.1. The number of fused-ring (bicyclic) bond motifs is 1. The normalized spacial score (nSPS) is 11.7. The lowest BCUT2D eigenvalue weighted by Crippen LogP contribution is -2.41. The van der Waals surface area contributed by atoms with Crippen LogP contribution in [0.1, 0.15) is 19.3 Å². The topological polar surface area (TPSA) is 136 Å². The zero-order valence-corrected chi connectivity index (χ0v) is 15.1. The van der Waals surface area contributed by atoms with Crippen LogP contribution < -0.4 is 21.1 Å². The number of nitrogens with zero attached hydrogens (tertiary/aromatic N) is 1. The maximum Gasteiger partial charge on any atom is 0.326 e. The van der Waals surface area contributed by atoms with E-state index in [0.717, 1.165) is 16.7 Å². The van der Waals surface area contributed by atoms with Gasteiger partial charge in [-0.3, -0.25) is 4.79 Å². The van der Waals surface area contributed by atoms with Gasteiger partial charge in [0.25, 0.3) is 0 Å². The molecule has 2 aromatic rings. The van der Waals surface area contributed by atoms with E-state index in [1.165, 1.54) is 0 Å². The number of methoxy groups -OCH3 is 1. The molecular formula is C18H24N4O5. The molecule has 2 rings (SSSR count). The first kappa shape index (κ1) is 20.1. The van der Waals surface area contributed by atoms with Crippen LogP contribution in [0.3, 0.4) is 0 Å². The molecule has 0 bridgehead atoms. The molecule has 0 fully saturated rings. The van der Waals surface area contributed by atoms with E-state index in [2.05, 4.69) is 10.6 Å². The van der Waals surface area contributed by atoms with Gasteiger partial charge in [0.05, 0.1) is 7.11 Å². The van der Waals surface area contributed by atoms with E-state index in [0.29, 0.717) is 13.0 Å². The highest BCUT2D eigenvalue weighted by Crippen LogP contribution is 2.22. The predicted octanol–water partition coefficient (Wildman–Crippen LogP) is 1.06. The highest BCUT2D eigenvalue weighted by molar-refractivity contribution is 5.84. The number of aliphatic carboxylic acids is 1. The summed E-state index contributed by atoms with van der Waals surface area (Å²) in [6.07, 6.45) is 2.62. The third-order valence-electron chi connectivity index (χ3n) is 4.16. The first-order valence-corrected chi connectivity index (χ1v) is 8.59. The summed E-state index contributed by atoms with van der Waals surface area (Å²) in [6, 6.07) is 5.94. The Hall–Kier alpha value is -3.23. The number of benzene rings is 1. The molecule has 9 heteroatoms. The number of ether oxygens (including phenoxy) is 1. The van der Waals surface area contributed by atoms with Crippen LogP contribution in [0.2, 0.25) is 0 Å². The van der Waals surface area contributed by atoms with Crippen LogP contribution in [0.15, 0.2) is 30.5 Å². The molecule has 27 heavy (non-hydrogen) atoms. The van der Waals surface area contributed by atoms with Gasteiger partial charge < -0.3 is 30.8 Å². The molecule has 0 aliphatic heterocycles. The number of hydrogen-bond donors (Lipinski definition) is 4. The Balaban J connectivity index is 1.86. The van der Waals surface area contributed by atoms with Crippen molar-refractivity contribution in [3.05, 3.63) is 30.5 Å². The standard InChI is InChI=1S/C18H24N4O5/c1-27-13-4-5-15-12(11-13)6-9-22(15)10-7-16(23)21-14(17(24)25)3-2-8-20-18(19)26/h4-6,9,11,14H,2-3,7-8,10H2,1H3,(H,21,23)(H,24,25)(H3,19,20,26). The van der Waals surface area contributed by atoms with Crippen molar-refractivity contribution in [2.75, 3.05) is 13.7 Å². The van der Waals surface area contributed by atoms with Crippen LogP contribution in [0, 0.1) is 0 Å². The number of hydrogen-bond acceptors (Lipinski definition) is 4. The van der Waals surface area contributed by atoms with E-state index in [9.17, 15) is 19.5 Å². The molecule has 3 amide bonds. The lowest BCUT2D eigenvalue weighted by atomic mass is 10.1. The summed E-state index contributed by atoms with van der Waals surface area (Å²) in [4.78, 5) is 34.0. The Bertz CT molecular complexity index is 817. The van der Waals surface area contributed by atoms with Crippen molar-refractivity contribution in [3.63, 3.8) is 0 Å². The minimum absolute atomic E-state index is 0.152. The van der Waals surface area contributed by atoms with Gasteiger partial charge >= 0.3 is 12.0 Å². The number of aromatic nitrogens is 1. The summed E-state index contributed by atoms with van der Waals surface area (Å²) >= 11 is 0. The number of primary amides is 1. The van der Waals surface area contributed by atoms with Gasteiger partial charge in [0, 0.05) is 36.6 Å². The van der Waals surface area contributed by atoms with E-state index in [1.54, 1.807) is 7.11 Å². The highest BCUT2D eigenvalue weighted by atomic mass is 16.5. The maximum absolute atomic E-state index is 12.1. The molecule has 1 unspecified atom stereocenters. The summed E-state index contributed by atoms with van der Waals surface area (Å²) in [5.74, 6) is -0.699. The first-order valence-electron chi connectivity index (χ1n) is 8.59. The number of nitrogens with one attached hydrogen (secondary N) is 2. The fourth-order valence-corrected chi connectivity index (χ4v) is 2.76. The minimum atomic E-state index is -1.11. The van der Waals surface area contributed by atoms with Crippen molar-refractivity contribution in [1.82, 2.24) is 15.2 Å². The van der Waals surface area contributed by atoms with E-state index >= 15 is 0 Å². The van der Waals surface area contributed by atoms with Crippen molar-refractivity contribution >= 4 is 28.8 Å². The molecule has 146 valence electrons. The summed E-state index contributed by atoms with van der Waals surface area (Å²) in [7, 11) is 1.60. The van der Waals surface area contributed by atoms with E-state index in [4.69, 9.17) is 10.5 Å². The van der Waals surface area contributed by atoms with Gasteiger partial charge in [0.2, 0.25) is 5.91 Å². The molecule has 1 heterocycles. The number of carboxylic acid groups (broad SMARTS) is 1. The average molecular weight is 376 g/mol. The van der Waals surface area contributed by atoms with E-state index < -0.39 is 18.0 Å². The van der Waals surface area contributed by atoms with Crippen LogP contribution in [-0.4, -0.2) is 47.3 Å². The fraction of sp³-hybridized carbons (Fsp3) is 0.389. The lowest BCUT2D eigenvalue weighted by Gasteiger charge is -2.15. The minimum Gasteiger partial charge on any atom is -0.497 e. The predicted molar refractivity (Wildman–Crippen MR) is 99.5 cm³/mol. The van der Waals surface area contributed by atoms with Crippen LogP contribution in [0.4, 0.5) is 4.79 Å². The summed E-state index contributed by atoms with van der Waals surface area (Å²) in [5.41, 5.74) is 5.91. The number of nitrogens with two attached hydrogens (primary N) is 1. The first-order chi connectivity index (χ1) is 12.9. The van der Waals surface area contributed by atoms with Crippen molar-refractivity contribution in [3.8, 4) is 5.75 Å². The highest BCUT2D eigenvalue weighted by Gasteiger charge is 2.19. The number of carbonyl (C=O) groups excluding carboxylic acids is 2. The third-order valence-corrected chi connectivity index (χ3v) is 4.16. The number of carbonyl (C=O) groups is 3. The Morgan fingerprint density at radius 2 is 2.07 bits per heavy atom. The molecule has 0 spiro atoms. The van der Waals surface area contributed by atoms with Gasteiger partial charge in [0.1, 0.15) is 11.8 Å². The molecule has 1 aromatic heterocycles. The molecule has 0 aliphatic rings. The Kier molecular flexibility index (Phi) is 7.04. The van der Waals surface area contributed by atoms with Crippen LogP contribution >= 0.6 is 0 Å². The van der Waals surface area contributed by atoms with Gasteiger partial charge in [-0.25, -0.2) is 9.59 Å². The van der Waals surface area contributed by atoms with Crippen molar-refractivity contribution < 1.29 is 24.2 Å². The largest absolute Gasteiger partial charge is 0.497 e. The van der Waals surface area contributed by atoms with E-state index in [-0.39, 0.29) is 25.3 Å². The number of carboxylic acids is 1. The number of rotatable bonds is 10. The van der Waals surface area contributed by atoms with Gasteiger partial charge in [-0.15, -0.1) is 0 Å². The molecule has 0 aliphatic carbocycles. The molecule has 1 atom stereocenters. The van der Waals surface area contributed by atoms with Gasteiger partial charge in [-0.05, 0) is 37.1 Å². The molecule has 1 aromatic carbocycles. The van der Waals surface area contributed by atoms with Crippen LogP contribution in [0.25, 0.3) is 10.9 Å². The van der Waals surface area contributed by atoms with Crippen molar-refractivity contribution in [1.29, 1.82) is 0 Å². The summed E-state index contributed by atoms with van der Waals surface area (Å²) < 4.78 is 7.12.